The maximum atomic E-state index is 12.3. The zero-order valence-corrected chi connectivity index (χ0v) is 16.6. The third kappa shape index (κ3) is 4.96. The smallest absolute Gasteiger partial charge is 0.338 e. The number of amides is 1. The summed E-state index contributed by atoms with van der Waals surface area (Å²) >= 11 is 0. The number of carbonyl (C=O) groups excluding carboxylic acids is 2. The summed E-state index contributed by atoms with van der Waals surface area (Å²) in [6.07, 6.45) is 1.86. The SMILES string of the molecule is N#Cc1cc([N+](=O)[O-])ccc1NC(=O)COC(=O)c1ccc(N2CCCC2)c([N+](=O)[O-])c1. The Morgan fingerprint density at radius 1 is 1.09 bits per heavy atom. The number of hydrogen-bond acceptors (Lipinski definition) is 9. The van der Waals surface area contributed by atoms with Gasteiger partial charge in [0.15, 0.2) is 6.61 Å². The molecule has 0 spiro atoms. The lowest BCUT2D eigenvalue weighted by molar-refractivity contribution is -0.384. The number of carbonyl (C=O) groups is 2. The molecule has 0 radical (unpaired) electrons. The normalized spacial score (nSPS) is 12.7. The second-order valence-electron chi connectivity index (χ2n) is 6.88. The van der Waals surface area contributed by atoms with Crippen LogP contribution in [0.15, 0.2) is 36.4 Å². The van der Waals surface area contributed by atoms with Crippen molar-refractivity contribution in [3.05, 3.63) is 67.8 Å². The Morgan fingerprint density at radius 2 is 1.81 bits per heavy atom. The first-order chi connectivity index (χ1) is 15.3. The van der Waals surface area contributed by atoms with Gasteiger partial charge in [0.25, 0.3) is 17.3 Å². The van der Waals surface area contributed by atoms with Gasteiger partial charge in [-0.05, 0) is 31.0 Å². The molecule has 2 aromatic rings. The van der Waals surface area contributed by atoms with Gasteiger partial charge in [-0.2, -0.15) is 5.26 Å². The van der Waals surface area contributed by atoms with Gasteiger partial charge >= 0.3 is 5.97 Å². The number of hydrogen-bond donors (Lipinski definition) is 1. The summed E-state index contributed by atoms with van der Waals surface area (Å²) in [7, 11) is 0. The molecule has 0 aliphatic carbocycles. The second-order valence-corrected chi connectivity index (χ2v) is 6.88. The van der Waals surface area contributed by atoms with Gasteiger partial charge in [0.1, 0.15) is 11.8 Å². The molecule has 0 aromatic heterocycles. The molecule has 1 saturated heterocycles. The molecule has 1 aliphatic rings. The second kappa shape index (κ2) is 9.52. The lowest BCUT2D eigenvalue weighted by Gasteiger charge is -2.17. The number of anilines is 2. The van der Waals surface area contributed by atoms with E-state index in [1.807, 2.05) is 4.90 Å². The van der Waals surface area contributed by atoms with Gasteiger partial charge in [0.2, 0.25) is 0 Å². The van der Waals surface area contributed by atoms with Crippen molar-refractivity contribution >= 4 is 34.6 Å². The van der Waals surface area contributed by atoms with E-state index < -0.39 is 28.3 Å². The van der Waals surface area contributed by atoms with Gasteiger partial charge < -0.3 is 15.0 Å². The Hall–Kier alpha value is -4.53. The maximum absolute atomic E-state index is 12.3. The molecule has 12 nitrogen and oxygen atoms in total. The van der Waals surface area contributed by atoms with Crippen LogP contribution in [-0.4, -0.2) is 41.4 Å². The van der Waals surface area contributed by atoms with Crippen LogP contribution < -0.4 is 10.2 Å². The van der Waals surface area contributed by atoms with E-state index >= 15 is 0 Å². The highest BCUT2D eigenvalue weighted by Crippen LogP contribution is 2.31. The molecule has 0 bridgehead atoms. The van der Waals surface area contributed by atoms with Crippen LogP contribution in [0.25, 0.3) is 0 Å². The van der Waals surface area contributed by atoms with Crippen LogP contribution in [0.4, 0.5) is 22.7 Å². The van der Waals surface area contributed by atoms with Crippen molar-refractivity contribution in [1.82, 2.24) is 0 Å². The van der Waals surface area contributed by atoms with E-state index in [4.69, 9.17) is 10.00 Å². The average Bonchev–Trinajstić information content (AvgIpc) is 3.31. The van der Waals surface area contributed by atoms with Crippen LogP contribution >= 0.6 is 0 Å². The number of nitro benzene ring substituents is 2. The van der Waals surface area contributed by atoms with Gasteiger partial charge in [-0.1, -0.05) is 0 Å². The van der Waals surface area contributed by atoms with Crippen molar-refractivity contribution in [2.75, 3.05) is 29.9 Å². The third-order valence-electron chi connectivity index (χ3n) is 4.80. The Balaban J connectivity index is 1.66. The Bertz CT molecular complexity index is 1140. The summed E-state index contributed by atoms with van der Waals surface area (Å²) in [6, 6.07) is 9.03. The molecule has 0 unspecified atom stereocenters. The van der Waals surface area contributed by atoms with Gasteiger partial charge in [0, 0.05) is 31.3 Å². The standard InChI is InChI=1S/C20H17N5O7/c21-11-14-9-15(24(28)29)4-5-16(14)22-19(26)12-32-20(27)13-3-6-17(18(10-13)25(30)31)23-7-1-2-8-23/h3-6,9-10H,1-2,7-8,12H2,(H,22,26). The lowest BCUT2D eigenvalue weighted by atomic mass is 10.1. The molecule has 1 aliphatic heterocycles. The van der Waals surface area contributed by atoms with E-state index in [-0.39, 0.29) is 28.2 Å². The highest BCUT2D eigenvalue weighted by Gasteiger charge is 2.24. The van der Waals surface area contributed by atoms with E-state index in [2.05, 4.69) is 5.32 Å². The quantitative estimate of drug-likeness (QED) is 0.387. The zero-order chi connectivity index (χ0) is 23.3. The van der Waals surface area contributed by atoms with Gasteiger partial charge in [0.05, 0.1) is 26.7 Å². The van der Waals surface area contributed by atoms with Crippen LogP contribution in [0.3, 0.4) is 0 Å². The van der Waals surface area contributed by atoms with E-state index in [9.17, 15) is 29.8 Å². The Labute approximate surface area is 181 Å². The van der Waals surface area contributed by atoms with Crippen molar-refractivity contribution < 1.29 is 24.2 Å². The van der Waals surface area contributed by atoms with Crippen LogP contribution in [0.5, 0.6) is 0 Å². The monoisotopic (exact) mass is 439 g/mol. The van der Waals surface area contributed by atoms with E-state index in [1.165, 1.54) is 18.2 Å². The Kier molecular flexibility index (Phi) is 6.59. The molecule has 32 heavy (non-hydrogen) atoms. The number of rotatable bonds is 7. The fraction of sp³-hybridized carbons (Fsp3) is 0.250. The number of esters is 1. The van der Waals surface area contributed by atoms with Crippen LogP contribution in [0.2, 0.25) is 0 Å². The number of benzene rings is 2. The van der Waals surface area contributed by atoms with E-state index in [1.54, 1.807) is 6.07 Å². The summed E-state index contributed by atoms with van der Waals surface area (Å²) in [4.78, 5) is 47.2. The van der Waals surface area contributed by atoms with E-state index in [0.717, 1.165) is 31.0 Å². The number of non-ortho nitro benzene ring substituents is 1. The minimum atomic E-state index is -0.930. The summed E-state index contributed by atoms with van der Waals surface area (Å²) in [5.74, 6) is -1.72. The molecular formula is C20H17N5O7. The molecule has 0 saturated carbocycles. The number of ether oxygens (including phenoxy) is 1. The highest BCUT2D eigenvalue weighted by molar-refractivity contribution is 5.97. The predicted octanol–water partition coefficient (Wildman–Crippen LogP) is 2.77. The van der Waals surface area contributed by atoms with Crippen molar-refractivity contribution in [2.24, 2.45) is 0 Å². The van der Waals surface area contributed by atoms with Crippen molar-refractivity contribution in [3.8, 4) is 6.07 Å². The van der Waals surface area contributed by atoms with Gasteiger partial charge in [-0.3, -0.25) is 25.0 Å². The molecule has 0 atom stereocenters. The molecule has 164 valence electrons. The molecule has 1 amide bonds. The summed E-state index contributed by atoms with van der Waals surface area (Å²) < 4.78 is 4.92. The molecule has 1 N–H and O–H groups in total. The zero-order valence-electron chi connectivity index (χ0n) is 16.6. The molecule has 2 aromatic carbocycles. The maximum Gasteiger partial charge on any atom is 0.338 e. The van der Waals surface area contributed by atoms with Gasteiger partial charge in [-0.15, -0.1) is 0 Å². The first-order valence-corrected chi connectivity index (χ1v) is 9.49. The highest BCUT2D eigenvalue weighted by atomic mass is 16.6. The number of nitrogens with zero attached hydrogens (tertiary/aromatic N) is 4. The van der Waals surface area contributed by atoms with Crippen molar-refractivity contribution in [3.63, 3.8) is 0 Å². The molecular weight excluding hydrogens is 422 g/mol. The number of nitriles is 1. The summed E-state index contributed by atoms with van der Waals surface area (Å²) in [5, 5.41) is 33.7. The first-order valence-electron chi connectivity index (χ1n) is 9.49. The van der Waals surface area contributed by atoms with Crippen LogP contribution in [-0.2, 0) is 9.53 Å². The summed E-state index contributed by atoms with van der Waals surface area (Å²) in [5.41, 5.74) is -0.318. The number of nitrogens with one attached hydrogen (secondary N) is 1. The Morgan fingerprint density at radius 3 is 2.44 bits per heavy atom. The molecule has 1 heterocycles. The van der Waals surface area contributed by atoms with Crippen molar-refractivity contribution in [2.45, 2.75) is 12.8 Å². The minimum Gasteiger partial charge on any atom is -0.452 e. The minimum absolute atomic E-state index is 0.0183. The molecule has 12 heteroatoms. The fourth-order valence-corrected chi connectivity index (χ4v) is 3.27. The topological polar surface area (TPSA) is 169 Å². The molecule has 1 fully saturated rings. The summed E-state index contributed by atoms with van der Waals surface area (Å²) in [6.45, 7) is 0.665. The predicted molar refractivity (Wildman–Crippen MR) is 111 cm³/mol. The number of nitro groups is 2. The van der Waals surface area contributed by atoms with Crippen molar-refractivity contribution in [1.29, 1.82) is 5.26 Å². The van der Waals surface area contributed by atoms with Crippen LogP contribution in [0, 0.1) is 31.6 Å². The lowest BCUT2D eigenvalue weighted by Crippen LogP contribution is -2.22. The third-order valence-corrected chi connectivity index (χ3v) is 4.80. The van der Waals surface area contributed by atoms with Gasteiger partial charge in [-0.25, -0.2) is 4.79 Å². The first kappa shape index (κ1) is 22.2. The van der Waals surface area contributed by atoms with Crippen LogP contribution in [0.1, 0.15) is 28.8 Å². The molecule has 3 rings (SSSR count). The largest absolute Gasteiger partial charge is 0.452 e. The van der Waals surface area contributed by atoms with E-state index in [0.29, 0.717) is 18.8 Å². The fourth-order valence-electron chi connectivity index (χ4n) is 3.27. The average molecular weight is 439 g/mol.